The lowest BCUT2D eigenvalue weighted by Crippen LogP contribution is -2.42. The van der Waals surface area contributed by atoms with Crippen molar-refractivity contribution in [3.8, 4) is 0 Å². The number of nitrogens with two attached hydrogens (primary N) is 1. The van der Waals surface area contributed by atoms with Crippen molar-refractivity contribution in [2.75, 3.05) is 6.54 Å². The highest BCUT2D eigenvalue weighted by molar-refractivity contribution is 5.87. The monoisotopic (exact) mass is 220 g/mol. The first-order valence-corrected chi connectivity index (χ1v) is 5.61. The van der Waals surface area contributed by atoms with Crippen LogP contribution >= 0.6 is 0 Å². The van der Waals surface area contributed by atoms with Crippen molar-refractivity contribution in [1.82, 2.24) is 5.32 Å². The van der Waals surface area contributed by atoms with Gasteiger partial charge in [-0.2, -0.15) is 0 Å². The molecule has 0 heterocycles. The number of hydrogen-bond acceptors (Lipinski definition) is 3. The van der Waals surface area contributed by atoms with Gasteiger partial charge in [0.2, 0.25) is 5.91 Å². The van der Waals surface area contributed by atoms with Gasteiger partial charge in [-0.05, 0) is 13.3 Å². The van der Waals surface area contributed by atoms with E-state index in [9.17, 15) is 9.59 Å². The Hall–Kier alpha value is -0.900. The largest absolute Gasteiger partial charge is 0.345 e. The van der Waals surface area contributed by atoms with Crippen LogP contribution in [0.1, 0.15) is 49.4 Å². The topological polar surface area (TPSA) is 72.2 Å². The quantitative estimate of drug-likeness (QED) is 0.758. The molecule has 0 aliphatic carbocycles. The van der Waals surface area contributed by atoms with Gasteiger partial charge in [0.15, 0.2) is 5.78 Å². The first-order valence-electron chi connectivity index (χ1n) is 5.61. The summed E-state index contributed by atoms with van der Waals surface area (Å²) < 4.78 is 0. The summed E-state index contributed by atoms with van der Waals surface area (Å²) in [5.41, 5.74) is 5.05. The van der Waals surface area contributed by atoms with E-state index in [1.807, 2.05) is 34.6 Å². The fourth-order valence-electron chi connectivity index (χ4n) is 0.744. The fraction of sp³-hybridized carbons (Fsp3) is 0.818. The van der Waals surface area contributed by atoms with E-state index in [0.717, 1.165) is 0 Å². The Morgan fingerprint density at radius 3 is 1.87 bits per heavy atom. The molecule has 0 fully saturated rings. The lowest BCUT2D eigenvalue weighted by molar-refractivity contribution is -0.126. The first-order chi connectivity index (χ1) is 7.11. The fourth-order valence-corrected chi connectivity index (χ4v) is 0.744. The van der Waals surface area contributed by atoms with E-state index in [4.69, 9.17) is 5.73 Å². The van der Waals surface area contributed by atoms with Crippen LogP contribution in [0.25, 0.3) is 0 Å². The van der Waals surface area contributed by atoms with Crippen molar-refractivity contribution in [1.29, 1.82) is 0 Å². The van der Waals surface area contributed by atoms with Gasteiger partial charge in [-0.1, -0.05) is 34.6 Å². The Morgan fingerprint density at radius 2 is 1.67 bits per heavy atom. The smallest absolute Gasteiger partial charge is 0.234 e. The van der Waals surface area contributed by atoms with Gasteiger partial charge in [0.1, 0.15) is 0 Å². The molecular weight excluding hydrogens is 192 g/mol. The number of amides is 1. The molecule has 1 unspecified atom stereocenters. The molecule has 15 heavy (non-hydrogen) atoms. The van der Waals surface area contributed by atoms with E-state index in [0.29, 0.717) is 6.42 Å². The molecule has 0 aromatic rings. The predicted octanol–water partition coefficient (Wildman–Crippen LogP) is 1.73. The molecule has 1 atom stereocenters. The maximum absolute atomic E-state index is 10.8. The summed E-state index contributed by atoms with van der Waals surface area (Å²) in [6, 6.07) is -0.369. The maximum atomic E-state index is 10.8. The number of ketones is 1. The van der Waals surface area contributed by atoms with Gasteiger partial charge in [-0.15, -0.1) is 0 Å². The zero-order valence-electron chi connectivity index (χ0n) is 10.9. The zero-order chi connectivity index (χ0) is 12.9. The summed E-state index contributed by atoms with van der Waals surface area (Å²) in [5, 5.41) is 2.50. The molecular formula is C11H28N2O2. The standard InChI is InChI=1S/C7H14N2O2.2C2H6.H2/c1-3-6(5(2)10)9-7(11)4-8;2*1-2;/h6H,3-4,8H2,1-2H3,(H,9,11);2*1-2H3;1H. The third kappa shape index (κ3) is 13.1. The van der Waals surface area contributed by atoms with E-state index in [-0.39, 0.29) is 25.7 Å². The maximum Gasteiger partial charge on any atom is 0.234 e. The van der Waals surface area contributed by atoms with Gasteiger partial charge in [-0.25, -0.2) is 0 Å². The van der Waals surface area contributed by atoms with Crippen LogP contribution < -0.4 is 11.1 Å². The van der Waals surface area contributed by atoms with Crippen LogP contribution in [-0.4, -0.2) is 24.3 Å². The molecule has 1 amide bonds. The predicted molar refractivity (Wildman–Crippen MR) is 66.8 cm³/mol. The van der Waals surface area contributed by atoms with E-state index >= 15 is 0 Å². The lowest BCUT2D eigenvalue weighted by Gasteiger charge is -2.11. The highest BCUT2D eigenvalue weighted by Crippen LogP contribution is 1.91. The summed E-state index contributed by atoms with van der Waals surface area (Å²) in [7, 11) is 0. The second-order valence-electron chi connectivity index (χ2n) is 2.34. The van der Waals surface area contributed by atoms with E-state index in [1.54, 1.807) is 0 Å². The van der Waals surface area contributed by atoms with Crippen molar-refractivity contribution in [3.05, 3.63) is 0 Å². The average Bonchev–Trinajstić information content (AvgIpc) is 2.30. The summed E-state index contributed by atoms with van der Waals surface area (Å²) in [5.74, 6) is -0.318. The summed E-state index contributed by atoms with van der Waals surface area (Å²) >= 11 is 0. The Kier molecular flexibility index (Phi) is 20.4. The van der Waals surface area contributed by atoms with Gasteiger partial charge in [0.25, 0.3) is 0 Å². The van der Waals surface area contributed by atoms with Gasteiger partial charge < -0.3 is 11.1 Å². The zero-order valence-corrected chi connectivity index (χ0v) is 10.9. The van der Waals surface area contributed by atoms with Crippen LogP contribution in [-0.2, 0) is 9.59 Å². The minimum Gasteiger partial charge on any atom is -0.345 e. The Bertz CT molecular complexity index is 164. The molecule has 0 bridgehead atoms. The minimum atomic E-state index is -0.369. The summed E-state index contributed by atoms with van der Waals surface area (Å²) in [6.07, 6.45) is 0.612. The highest BCUT2D eigenvalue weighted by atomic mass is 16.2. The summed E-state index contributed by atoms with van der Waals surface area (Å²) in [6.45, 7) is 11.2. The van der Waals surface area contributed by atoms with E-state index in [2.05, 4.69) is 5.32 Å². The molecule has 94 valence electrons. The van der Waals surface area contributed by atoms with Crippen LogP contribution in [0.3, 0.4) is 0 Å². The number of nitrogens with one attached hydrogen (secondary N) is 1. The summed E-state index contributed by atoms with van der Waals surface area (Å²) in [4.78, 5) is 21.5. The third-order valence-corrected chi connectivity index (χ3v) is 1.42. The number of hydrogen-bond donors (Lipinski definition) is 2. The molecule has 0 aliphatic rings. The van der Waals surface area contributed by atoms with Crippen molar-refractivity contribution < 1.29 is 11.0 Å². The van der Waals surface area contributed by atoms with Gasteiger partial charge in [0, 0.05) is 1.43 Å². The van der Waals surface area contributed by atoms with Crippen LogP contribution in [0.15, 0.2) is 0 Å². The molecule has 4 nitrogen and oxygen atoms in total. The molecule has 0 radical (unpaired) electrons. The number of carbonyl (C=O) groups is 2. The molecule has 3 N–H and O–H groups in total. The Morgan fingerprint density at radius 1 is 1.27 bits per heavy atom. The second kappa shape index (κ2) is 15.6. The average molecular weight is 220 g/mol. The van der Waals surface area contributed by atoms with Crippen LogP contribution in [0.4, 0.5) is 0 Å². The normalized spacial score (nSPS) is 9.80. The number of carbonyl (C=O) groups excluding carboxylic acids is 2. The number of Topliss-reactive ketones (excluding diaryl/α,β-unsaturated/α-hetero) is 1. The highest BCUT2D eigenvalue weighted by Gasteiger charge is 2.12. The molecule has 0 saturated carbocycles. The molecule has 0 aromatic carbocycles. The Labute approximate surface area is 95.1 Å². The second-order valence-corrected chi connectivity index (χ2v) is 2.34. The third-order valence-electron chi connectivity index (χ3n) is 1.42. The van der Waals surface area contributed by atoms with Crippen LogP contribution in [0, 0.1) is 0 Å². The lowest BCUT2D eigenvalue weighted by atomic mass is 10.1. The Balaban J connectivity index is -0.000000129. The molecule has 4 heteroatoms. The van der Waals surface area contributed by atoms with E-state index in [1.165, 1.54) is 6.92 Å². The molecule has 0 rings (SSSR count). The molecule has 0 spiro atoms. The van der Waals surface area contributed by atoms with Crippen molar-refractivity contribution >= 4 is 11.7 Å². The van der Waals surface area contributed by atoms with Crippen molar-refractivity contribution in [2.24, 2.45) is 5.73 Å². The van der Waals surface area contributed by atoms with Crippen LogP contribution in [0.5, 0.6) is 0 Å². The first kappa shape index (κ1) is 19.6. The van der Waals surface area contributed by atoms with Gasteiger partial charge >= 0.3 is 0 Å². The number of rotatable bonds is 4. The van der Waals surface area contributed by atoms with E-state index < -0.39 is 0 Å². The minimum absolute atomic E-state index is 0. The molecule has 0 aromatic heterocycles. The van der Waals surface area contributed by atoms with Crippen LogP contribution in [0.2, 0.25) is 0 Å². The van der Waals surface area contributed by atoms with Crippen molar-refractivity contribution in [2.45, 2.75) is 54.0 Å². The van der Waals surface area contributed by atoms with Gasteiger partial charge in [-0.3, -0.25) is 9.59 Å². The molecule has 0 saturated heterocycles. The van der Waals surface area contributed by atoms with Crippen molar-refractivity contribution in [3.63, 3.8) is 0 Å². The van der Waals surface area contributed by atoms with Gasteiger partial charge in [0.05, 0.1) is 12.6 Å². The molecule has 0 aliphatic heterocycles. The SMILES string of the molecule is CC.CC.CCC(NC(=O)CN)C(C)=O.[HH].